The Kier molecular flexibility index (Phi) is 4.75. The van der Waals surface area contributed by atoms with Crippen LogP contribution in [0.3, 0.4) is 0 Å². The predicted octanol–water partition coefficient (Wildman–Crippen LogP) is 2.14. The van der Waals surface area contributed by atoms with Crippen molar-refractivity contribution < 1.29 is 14.3 Å². The summed E-state index contributed by atoms with van der Waals surface area (Å²) in [6.07, 6.45) is 4.91. The fourth-order valence-corrected chi connectivity index (χ4v) is 1.57. The van der Waals surface area contributed by atoms with Gasteiger partial charge in [0.2, 0.25) is 0 Å². The zero-order valence-corrected chi connectivity index (χ0v) is 10.6. The largest absolute Gasteiger partial charge is 0.448 e. The van der Waals surface area contributed by atoms with E-state index in [4.69, 9.17) is 4.42 Å². The van der Waals surface area contributed by atoms with Gasteiger partial charge in [0, 0.05) is 6.04 Å². The average molecular weight is 238 g/mol. The molecule has 1 atom stereocenters. The number of amides is 1. The van der Waals surface area contributed by atoms with E-state index in [1.165, 1.54) is 0 Å². The first-order valence-electron chi connectivity index (χ1n) is 5.87. The molecule has 0 aliphatic heterocycles. The van der Waals surface area contributed by atoms with Crippen molar-refractivity contribution in [2.75, 3.05) is 0 Å². The van der Waals surface area contributed by atoms with Crippen LogP contribution in [0.5, 0.6) is 0 Å². The van der Waals surface area contributed by atoms with Gasteiger partial charge in [-0.2, -0.15) is 0 Å². The summed E-state index contributed by atoms with van der Waals surface area (Å²) in [4.78, 5) is 11.6. The summed E-state index contributed by atoms with van der Waals surface area (Å²) in [5.74, 6) is 0.0568. The Labute approximate surface area is 102 Å². The quantitative estimate of drug-likeness (QED) is 0.798. The van der Waals surface area contributed by atoms with Crippen molar-refractivity contribution in [2.45, 2.75) is 51.7 Å². The van der Waals surface area contributed by atoms with Crippen molar-refractivity contribution in [3.8, 4) is 0 Å². The average Bonchev–Trinajstić information content (AvgIpc) is 2.67. The molecule has 1 amide bonds. The lowest BCUT2D eigenvalue weighted by molar-refractivity contribution is 0.0673. The van der Waals surface area contributed by atoms with Gasteiger partial charge in [-0.3, -0.25) is 4.79 Å². The highest BCUT2D eigenvalue weighted by Crippen LogP contribution is 2.13. The molecular formula is C13H20NO3. The molecule has 2 N–H and O–H groups in total. The Morgan fingerprint density at radius 3 is 2.88 bits per heavy atom. The van der Waals surface area contributed by atoms with E-state index in [1.54, 1.807) is 26.0 Å². The molecule has 1 rings (SSSR count). The van der Waals surface area contributed by atoms with Crippen LogP contribution < -0.4 is 5.32 Å². The van der Waals surface area contributed by atoms with Crippen LogP contribution in [0.1, 0.15) is 50.6 Å². The summed E-state index contributed by atoms with van der Waals surface area (Å²) in [5, 5.41) is 12.4. The molecule has 0 saturated heterocycles. The maximum absolute atomic E-state index is 11.6. The zero-order chi connectivity index (χ0) is 12.9. The van der Waals surface area contributed by atoms with E-state index in [0.717, 1.165) is 19.3 Å². The number of aliphatic hydroxyl groups is 1. The van der Waals surface area contributed by atoms with Gasteiger partial charge < -0.3 is 14.8 Å². The van der Waals surface area contributed by atoms with Crippen molar-refractivity contribution in [1.82, 2.24) is 5.32 Å². The van der Waals surface area contributed by atoms with Crippen molar-refractivity contribution in [3.63, 3.8) is 0 Å². The van der Waals surface area contributed by atoms with Gasteiger partial charge in [-0.15, -0.1) is 0 Å². The molecule has 1 aromatic rings. The van der Waals surface area contributed by atoms with Gasteiger partial charge in [0.05, 0.1) is 5.60 Å². The summed E-state index contributed by atoms with van der Waals surface area (Å²) in [7, 11) is 0. The normalized spacial score (nSPS) is 13.4. The molecule has 0 saturated carbocycles. The molecule has 0 fully saturated rings. The van der Waals surface area contributed by atoms with Crippen LogP contribution in [0.15, 0.2) is 16.5 Å². The van der Waals surface area contributed by atoms with E-state index in [1.807, 2.05) is 6.92 Å². The first kappa shape index (κ1) is 13.8. The van der Waals surface area contributed by atoms with Gasteiger partial charge in [0.25, 0.3) is 5.91 Å². The number of carbonyl (C=O) groups is 1. The van der Waals surface area contributed by atoms with E-state index >= 15 is 0 Å². The van der Waals surface area contributed by atoms with E-state index < -0.39 is 5.60 Å². The van der Waals surface area contributed by atoms with Gasteiger partial charge in [-0.25, -0.2) is 0 Å². The lowest BCUT2D eigenvalue weighted by Crippen LogP contribution is -2.32. The maximum Gasteiger partial charge on any atom is 0.287 e. The molecule has 1 radical (unpaired) electrons. The van der Waals surface area contributed by atoms with Gasteiger partial charge >= 0.3 is 0 Å². The number of hydrogen-bond acceptors (Lipinski definition) is 3. The lowest BCUT2D eigenvalue weighted by atomic mass is 10.00. The molecule has 0 bridgehead atoms. The highest BCUT2D eigenvalue weighted by Gasteiger charge is 2.15. The molecule has 0 spiro atoms. The Hall–Kier alpha value is -1.29. The van der Waals surface area contributed by atoms with E-state index in [0.29, 0.717) is 0 Å². The Bertz CT molecular complexity index is 338. The zero-order valence-electron chi connectivity index (χ0n) is 10.6. The number of carbonyl (C=O) groups excluding carboxylic acids is 1. The molecule has 95 valence electrons. The fraction of sp³-hybridized carbons (Fsp3) is 0.615. The minimum absolute atomic E-state index is 0.0648. The van der Waals surface area contributed by atoms with Crippen LogP contribution in [-0.2, 0) is 0 Å². The monoisotopic (exact) mass is 238 g/mol. The Morgan fingerprint density at radius 2 is 2.35 bits per heavy atom. The first-order chi connectivity index (χ1) is 7.88. The van der Waals surface area contributed by atoms with Gasteiger partial charge in [0.1, 0.15) is 0 Å². The van der Waals surface area contributed by atoms with Gasteiger partial charge in [-0.1, -0.05) is 0 Å². The molecule has 4 heteroatoms. The van der Waals surface area contributed by atoms with E-state index in [-0.39, 0.29) is 17.7 Å². The second-order valence-corrected chi connectivity index (χ2v) is 5.00. The van der Waals surface area contributed by atoms with Crippen LogP contribution in [0.4, 0.5) is 0 Å². The number of hydrogen-bond donors (Lipinski definition) is 2. The molecule has 17 heavy (non-hydrogen) atoms. The molecule has 1 aromatic heterocycles. The first-order valence-corrected chi connectivity index (χ1v) is 5.87. The standard InChI is InChI=1S/C13H20NO3/c1-10(6-4-8-13(2,3)16)14-12(15)11-7-5-9-17-11/h5,7,10,16H,4,6,8H2,1-3H3,(H,14,15). The SMILES string of the molecule is CC(CCCC(C)(C)O)NC(=O)c1cc[c]o1. The summed E-state index contributed by atoms with van der Waals surface area (Å²) in [6.45, 7) is 5.51. The van der Waals surface area contributed by atoms with Gasteiger partial charge in [0.15, 0.2) is 12.0 Å². The van der Waals surface area contributed by atoms with E-state index in [9.17, 15) is 9.90 Å². The second-order valence-electron chi connectivity index (χ2n) is 5.00. The van der Waals surface area contributed by atoms with Crippen LogP contribution in [-0.4, -0.2) is 22.7 Å². The number of furan rings is 1. The molecule has 0 aliphatic carbocycles. The number of rotatable bonds is 6. The summed E-state index contributed by atoms with van der Waals surface area (Å²) >= 11 is 0. The molecule has 0 aromatic carbocycles. The van der Waals surface area contributed by atoms with Crippen LogP contribution >= 0.6 is 0 Å². The Morgan fingerprint density at radius 1 is 1.65 bits per heavy atom. The molecule has 4 nitrogen and oxygen atoms in total. The molecular weight excluding hydrogens is 218 g/mol. The summed E-state index contributed by atoms with van der Waals surface area (Å²) < 4.78 is 4.88. The second kappa shape index (κ2) is 5.87. The summed E-state index contributed by atoms with van der Waals surface area (Å²) in [5.41, 5.74) is -0.639. The molecule has 0 aliphatic rings. The van der Waals surface area contributed by atoms with Crippen LogP contribution in [0.25, 0.3) is 0 Å². The highest BCUT2D eigenvalue weighted by atomic mass is 16.3. The third-order valence-corrected chi connectivity index (χ3v) is 2.50. The maximum atomic E-state index is 11.6. The molecule has 1 heterocycles. The Balaban J connectivity index is 2.26. The van der Waals surface area contributed by atoms with Crippen LogP contribution in [0.2, 0.25) is 0 Å². The number of nitrogens with one attached hydrogen (secondary N) is 1. The lowest BCUT2D eigenvalue weighted by Gasteiger charge is -2.18. The van der Waals surface area contributed by atoms with Crippen molar-refractivity contribution in [3.05, 3.63) is 24.2 Å². The molecule has 1 unspecified atom stereocenters. The topological polar surface area (TPSA) is 62.5 Å². The van der Waals surface area contributed by atoms with Crippen molar-refractivity contribution in [1.29, 1.82) is 0 Å². The van der Waals surface area contributed by atoms with E-state index in [2.05, 4.69) is 11.6 Å². The van der Waals surface area contributed by atoms with Crippen molar-refractivity contribution in [2.24, 2.45) is 0 Å². The third kappa shape index (κ3) is 5.54. The minimum atomic E-state index is -0.639. The highest BCUT2D eigenvalue weighted by molar-refractivity contribution is 5.91. The van der Waals surface area contributed by atoms with Crippen LogP contribution in [0, 0.1) is 6.26 Å². The van der Waals surface area contributed by atoms with Gasteiger partial charge in [-0.05, 0) is 52.2 Å². The fourth-order valence-electron chi connectivity index (χ4n) is 1.57. The van der Waals surface area contributed by atoms with Crippen molar-refractivity contribution >= 4 is 5.91 Å². The minimum Gasteiger partial charge on any atom is -0.448 e. The third-order valence-electron chi connectivity index (χ3n) is 2.50. The predicted molar refractivity (Wildman–Crippen MR) is 64.6 cm³/mol. The smallest absolute Gasteiger partial charge is 0.287 e. The summed E-state index contributed by atoms with van der Waals surface area (Å²) in [6, 6.07) is 3.21.